The fourth-order valence-corrected chi connectivity index (χ4v) is 1.08. The summed E-state index contributed by atoms with van der Waals surface area (Å²) in [7, 11) is 0. The fraction of sp³-hybridized carbons (Fsp3) is 0. The van der Waals surface area contributed by atoms with Crippen LogP contribution >= 0.6 is 11.6 Å². The molecule has 0 radical (unpaired) electrons. The summed E-state index contributed by atoms with van der Waals surface area (Å²) in [5.41, 5.74) is 6.10. The summed E-state index contributed by atoms with van der Waals surface area (Å²) >= 11 is 5.62. The summed E-state index contributed by atoms with van der Waals surface area (Å²) in [5.74, 6) is 0.467. The molecule has 0 aliphatic rings. The van der Waals surface area contributed by atoms with E-state index in [1.54, 1.807) is 6.07 Å². The van der Waals surface area contributed by atoms with E-state index >= 15 is 0 Å². The molecule has 2 rings (SSSR count). The van der Waals surface area contributed by atoms with Crippen molar-refractivity contribution in [3.63, 3.8) is 0 Å². The molecule has 70 valence electrons. The largest absolute Gasteiger partial charge is 0.368 e. The number of nitrogen functional groups attached to an aromatic ring is 1. The van der Waals surface area contributed by atoms with E-state index in [9.17, 15) is 0 Å². The summed E-state index contributed by atoms with van der Waals surface area (Å²) in [5, 5.41) is 7.38. The number of halogens is 1. The van der Waals surface area contributed by atoms with Gasteiger partial charge in [0.1, 0.15) is 0 Å². The molecule has 0 bridgehead atoms. The summed E-state index contributed by atoms with van der Waals surface area (Å²) < 4.78 is 0. The van der Waals surface area contributed by atoms with Crippen molar-refractivity contribution in [2.24, 2.45) is 0 Å². The normalized spacial score (nSPS) is 10.1. The number of aromatic nitrogens is 5. The van der Waals surface area contributed by atoms with E-state index in [1.165, 1.54) is 12.4 Å². The van der Waals surface area contributed by atoms with Gasteiger partial charge in [-0.2, -0.15) is 25.1 Å². The van der Waals surface area contributed by atoms with Gasteiger partial charge in [-0.15, -0.1) is 0 Å². The van der Waals surface area contributed by atoms with Crippen LogP contribution in [0.4, 0.5) is 5.95 Å². The minimum Gasteiger partial charge on any atom is -0.368 e. The molecule has 2 heterocycles. The van der Waals surface area contributed by atoms with Gasteiger partial charge in [-0.1, -0.05) is 0 Å². The van der Waals surface area contributed by atoms with Crippen molar-refractivity contribution in [2.75, 3.05) is 5.73 Å². The van der Waals surface area contributed by atoms with Gasteiger partial charge in [-0.05, 0) is 17.7 Å². The molecule has 0 saturated carbocycles. The maximum Gasteiger partial charge on any atom is 0.227 e. The summed E-state index contributed by atoms with van der Waals surface area (Å²) in [6.45, 7) is 0. The van der Waals surface area contributed by atoms with Crippen molar-refractivity contribution in [2.45, 2.75) is 0 Å². The smallest absolute Gasteiger partial charge is 0.227 e. The molecule has 0 atom stereocenters. The maximum absolute atomic E-state index is 5.62. The van der Waals surface area contributed by atoms with Crippen molar-refractivity contribution in [3.05, 3.63) is 23.7 Å². The van der Waals surface area contributed by atoms with Crippen LogP contribution in [-0.2, 0) is 0 Å². The average molecular weight is 209 g/mol. The number of anilines is 1. The molecule has 0 saturated heterocycles. The van der Waals surface area contributed by atoms with Crippen LogP contribution in [0.15, 0.2) is 18.5 Å². The van der Waals surface area contributed by atoms with Gasteiger partial charge in [-0.3, -0.25) is 0 Å². The lowest BCUT2D eigenvalue weighted by atomic mass is 10.3. The Morgan fingerprint density at radius 2 is 2.00 bits per heavy atom. The maximum atomic E-state index is 5.62. The van der Waals surface area contributed by atoms with Crippen molar-refractivity contribution < 1.29 is 0 Å². The number of hydrogen-bond acceptors (Lipinski definition) is 6. The van der Waals surface area contributed by atoms with Gasteiger partial charge in [0.05, 0.1) is 12.4 Å². The Hall–Kier alpha value is -1.82. The zero-order chi connectivity index (χ0) is 9.97. The van der Waals surface area contributed by atoms with E-state index in [-0.39, 0.29) is 11.2 Å². The SMILES string of the molecule is Nc1nc(Cl)nc(-c2ccnnc2)n1. The van der Waals surface area contributed by atoms with Gasteiger partial charge in [-0.25, -0.2) is 0 Å². The Kier molecular flexibility index (Phi) is 2.19. The average Bonchev–Trinajstić information content (AvgIpc) is 2.18. The molecule has 6 nitrogen and oxygen atoms in total. The van der Waals surface area contributed by atoms with Gasteiger partial charge in [0, 0.05) is 5.56 Å². The van der Waals surface area contributed by atoms with Crippen molar-refractivity contribution in [1.29, 1.82) is 0 Å². The predicted molar refractivity (Wildman–Crippen MR) is 50.3 cm³/mol. The monoisotopic (exact) mass is 208 g/mol. The molecule has 0 aromatic carbocycles. The molecule has 7 heteroatoms. The Bertz CT molecular complexity index is 425. The summed E-state index contributed by atoms with van der Waals surface area (Å²) in [4.78, 5) is 11.5. The highest BCUT2D eigenvalue weighted by atomic mass is 35.5. The van der Waals surface area contributed by atoms with Gasteiger partial charge in [0.15, 0.2) is 5.82 Å². The predicted octanol–water partition coefficient (Wildman–Crippen LogP) is 0.564. The highest BCUT2D eigenvalue weighted by Crippen LogP contribution is 2.14. The van der Waals surface area contributed by atoms with Crippen LogP contribution in [0.25, 0.3) is 11.4 Å². The van der Waals surface area contributed by atoms with E-state index in [0.29, 0.717) is 11.4 Å². The van der Waals surface area contributed by atoms with Crippen molar-refractivity contribution >= 4 is 17.5 Å². The lowest BCUT2D eigenvalue weighted by molar-refractivity contribution is 1.01. The minimum absolute atomic E-state index is 0.0595. The van der Waals surface area contributed by atoms with E-state index in [1.807, 2.05) is 0 Å². The van der Waals surface area contributed by atoms with Crippen LogP contribution in [0.1, 0.15) is 0 Å². The molecule has 0 aliphatic heterocycles. The first kappa shape index (κ1) is 8.76. The highest BCUT2D eigenvalue weighted by Gasteiger charge is 2.04. The second-order valence-corrected chi connectivity index (χ2v) is 2.76. The molecular formula is C7H5ClN6. The number of nitrogens with zero attached hydrogens (tertiary/aromatic N) is 5. The number of rotatable bonds is 1. The van der Waals surface area contributed by atoms with Gasteiger partial charge >= 0.3 is 0 Å². The van der Waals surface area contributed by atoms with Gasteiger partial charge in [0.2, 0.25) is 11.2 Å². The third-order valence-electron chi connectivity index (χ3n) is 1.47. The number of nitrogens with two attached hydrogens (primary N) is 1. The van der Waals surface area contributed by atoms with Crippen LogP contribution in [0.3, 0.4) is 0 Å². The second-order valence-electron chi connectivity index (χ2n) is 2.42. The highest BCUT2D eigenvalue weighted by molar-refractivity contribution is 6.28. The van der Waals surface area contributed by atoms with Crippen LogP contribution < -0.4 is 5.73 Å². The first-order valence-electron chi connectivity index (χ1n) is 3.70. The molecule has 0 aliphatic carbocycles. The van der Waals surface area contributed by atoms with Crippen molar-refractivity contribution in [3.8, 4) is 11.4 Å². The van der Waals surface area contributed by atoms with E-state index in [2.05, 4.69) is 25.1 Å². The first-order chi connectivity index (χ1) is 6.75. The molecule has 2 N–H and O–H groups in total. The fourth-order valence-electron chi connectivity index (χ4n) is 0.917. The van der Waals surface area contributed by atoms with Crippen LogP contribution in [0.5, 0.6) is 0 Å². The Labute approximate surface area is 84.2 Å². The molecule has 2 aromatic rings. The molecule has 0 unspecified atom stereocenters. The van der Waals surface area contributed by atoms with Crippen LogP contribution in [0, 0.1) is 0 Å². The zero-order valence-corrected chi connectivity index (χ0v) is 7.68. The Balaban J connectivity index is 2.52. The quantitative estimate of drug-likeness (QED) is 0.737. The van der Waals surface area contributed by atoms with E-state index < -0.39 is 0 Å². The van der Waals surface area contributed by atoms with Gasteiger partial charge < -0.3 is 5.73 Å². The van der Waals surface area contributed by atoms with Crippen LogP contribution in [-0.4, -0.2) is 25.1 Å². The Morgan fingerprint density at radius 1 is 1.14 bits per heavy atom. The minimum atomic E-state index is 0.0595. The standard InChI is InChI=1S/C7H5ClN6/c8-6-12-5(13-7(9)14-6)4-1-2-10-11-3-4/h1-3H,(H2,9,12,13,14). The van der Waals surface area contributed by atoms with E-state index in [0.717, 1.165) is 0 Å². The van der Waals surface area contributed by atoms with Crippen molar-refractivity contribution in [1.82, 2.24) is 25.1 Å². The molecule has 0 spiro atoms. The Morgan fingerprint density at radius 3 is 2.64 bits per heavy atom. The summed E-state index contributed by atoms with van der Waals surface area (Å²) in [6.07, 6.45) is 3.05. The topological polar surface area (TPSA) is 90.5 Å². The molecule has 2 aromatic heterocycles. The molecular weight excluding hydrogens is 204 g/mol. The lowest BCUT2D eigenvalue weighted by Crippen LogP contribution is -2.00. The zero-order valence-electron chi connectivity index (χ0n) is 6.92. The van der Waals surface area contributed by atoms with E-state index in [4.69, 9.17) is 17.3 Å². The second kappa shape index (κ2) is 3.51. The van der Waals surface area contributed by atoms with Gasteiger partial charge in [0.25, 0.3) is 0 Å². The summed E-state index contributed by atoms with van der Waals surface area (Å²) in [6, 6.07) is 1.71. The molecule has 0 fully saturated rings. The third-order valence-corrected chi connectivity index (χ3v) is 1.64. The lowest BCUT2D eigenvalue weighted by Gasteiger charge is -1.99. The molecule has 0 amide bonds. The van der Waals surface area contributed by atoms with Crippen LogP contribution in [0.2, 0.25) is 5.28 Å². The third kappa shape index (κ3) is 1.74. The number of hydrogen-bond donors (Lipinski definition) is 1. The molecule has 14 heavy (non-hydrogen) atoms. The first-order valence-corrected chi connectivity index (χ1v) is 4.07.